The van der Waals surface area contributed by atoms with Gasteiger partial charge in [-0.25, -0.2) is 12.8 Å². The average molecular weight is 394 g/mol. The molecule has 1 amide bonds. The second kappa shape index (κ2) is 6.71. The number of hydrogen-bond acceptors (Lipinski definition) is 4. The van der Waals surface area contributed by atoms with E-state index in [9.17, 15) is 30.8 Å². The quantitative estimate of drug-likeness (QED) is 0.740. The standard InChI is InChI=1S/C16H18F4N2O3S/c17-12-4-5-13(14(10-12)26(24,25)16(18,19)20)21-6-1-7-22(9-8-21)15(23)11-2-3-11/h4-5,10-11H,1-3,6-9H2. The highest BCUT2D eigenvalue weighted by Gasteiger charge is 2.48. The molecule has 0 radical (unpaired) electrons. The largest absolute Gasteiger partial charge is 0.501 e. The van der Waals surface area contributed by atoms with Crippen LogP contribution in [-0.4, -0.2) is 50.9 Å². The van der Waals surface area contributed by atoms with Gasteiger partial charge in [-0.1, -0.05) is 0 Å². The van der Waals surface area contributed by atoms with Crippen molar-refractivity contribution < 1.29 is 30.8 Å². The van der Waals surface area contributed by atoms with Crippen molar-refractivity contribution in [2.45, 2.75) is 29.7 Å². The van der Waals surface area contributed by atoms with Gasteiger partial charge < -0.3 is 9.80 Å². The minimum absolute atomic E-state index is 0.0357. The van der Waals surface area contributed by atoms with Crippen LogP contribution in [0.15, 0.2) is 23.1 Å². The number of nitrogens with zero attached hydrogens (tertiary/aromatic N) is 2. The van der Waals surface area contributed by atoms with Gasteiger partial charge in [-0.15, -0.1) is 0 Å². The minimum Gasteiger partial charge on any atom is -0.369 e. The van der Waals surface area contributed by atoms with Crippen molar-refractivity contribution in [1.29, 1.82) is 0 Å². The van der Waals surface area contributed by atoms with Crippen molar-refractivity contribution in [2.75, 3.05) is 31.1 Å². The summed E-state index contributed by atoms with van der Waals surface area (Å²) in [6.45, 7) is 1.22. The van der Waals surface area contributed by atoms with Gasteiger partial charge >= 0.3 is 5.51 Å². The molecule has 1 saturated carbocycles. The fourth-order valence-electron chi connectivity index (χ4n) is 3.06. The Bertz CT molecular complexity index is 806. The first-order chi connectivity index (χ1) is 12.1. The zero-order valence-corrected chi connectivity index (χ0v) is 14.6. The lowest BCUT2D eigenvalue weighted by Gasteiger charge is -2.26. The molecule has 0 aromatic heterocycles. The van der Waals surface area contributed by atoms with Crippen molar-refractivity contribution in [2.24, 2.45) is 5.92 Å². The van der Waals surface area contributed by atoms with E-state index < -0.39 is 26.1 Å². The second-order valence-electron chi connectivity index (χ2n) is 6.50. The Kier molecular flexibility index (Phi) is 4.89. The van der Waals surface area contributed by atoms with E-state index in [1.807, 2.05) is 0 Å². The molecule has 26 heavy (non-hydrogen) atoms. The van der Waals surface area contributed by atoms with Crippen molar-refractivity contribution in [3.63, 3.8) is 0 Å². The molecule has 0 bridgehead atoms. The molecule has 0 atom stereocenters. The summed E-state index contributed by atoms with van der Waals surface area (Å²) >= 11 is 0. The van der Waals surface area contributed by atoms with E-state index in [-0.39, 0.29) is 37.1 Å². The van der Waals surface area contributed by atoms with Crippen LogP contribution in [0.2, 0.25) is 0 Å². The molecule has 1 aromatic carbocycles. The molecule has 0 unspecified atom stereocenters. The molecule has 1 heterocycles. The van der Waals surface area contributed by atoms with Gasteiger partial charge in [-0.2, -0.15) is 13.2 Å². The van der Waals surface area contributed by atoms with E-state index in [1.165, 1.54) is 4.90 Å². The van der Waals surface area contributed by atoms with Crippen LogP contribution in [0.3, 0.4) is 0 Å². The number of hydrogen-bond donors (Lipinski definition) is 0. The predicted octanol–water partition coefficient (Wildman–Crippen LogP) is 2.57. The summed E-state index contributed by atoms with van der Waals surface area (Å²) in [6, 6.07) is 2.38. The maximum atomic E-state index is 13.5. The van der Waals surface area contributed by atoms with Crippen LogP contribution in [-0.2, 0) is 14.6 Å². The van der Waals surface area contributed by atoms with Gasteiger partial charge in [0, 0.05) is 32.1 Å². The van der Waals surface area contributed by atoms with Crippen LogP contribution in [0.5, 0.6) is 0 Å². The summed E-state index contributed by atoms with van der Waals surface area (Å²) in [5, 5.41) is 0. The van der Waals surface area contributed by atoms with Crippen LogP contribution in [0, 0.1) is 11.7 Å². The van der Waals surface area contributed by atoms with Crippen LogP contribution >= 0.6 is 0 Å². The molecular weight excluding hydrogens is 376 g/mol. The lowest BCUT2D eigenvalue weighted by molar-refractivity contribution is -0.132. The van der Waals surface area contributed by atoms with Crippen LogP contribution in [0.4, 0.5) is 23.2 Å². The van der Waals surface area contributed by atoms with Gasteiger partial charge in [0.1, 0.15) is 10.7 Å². The summed E-state index contributed by atoms with van der Waals surface area (Å²) in [5.74, 6) is -0.987. The normalized spacial score (nSPS) is 19.4. The van der Waals surface area contributed by atoms with Crippen molar-refractivity contribution in [3.8, 4) is 0 Å². The number of sulfone groups is 1. The predicted molar refractivity (Wildman–Crippen MR) is 85.8 cm³/mol. The number of benzene rings is 1. The summed E-state index contributed by atoms with van der Waals surface area (Å²) < 4.78 is 76.0. The number of alkyl halides is 3. The molecule has 1 aliphatic carbocycles. The van der Waals surface area contributed by atoms with Crippen molar-refractivity contribution >= 4 is 21.4 Å². The van der Waals surface area contributed by atoms with Crippen molar-refractivity contribution in [1.82, 2.24) is 4.90 Å². The molecule has 1 aliphatic heterocycles. The van der Waals surface area contributed by atoms with Crippen LogP contribution < -0.4 is 4.90 Å². The monoisotopic (exact) mass is 394 g/mol. The first-order valence-corrected chi connectivity index (χ1v) is 9.74. The summed E-state index contributed by atoms with van der Waals surface area (Å²) in [7, 11) is -5.69. The molecule has 10 heteroatoms. The lowest BCUT2D eigenvalue weighted by atomic mass is 10.2. The minimum atomic E-state index is -5.69. The Morgan fingerprint density at radius 3 is 2.38 bits per heavy atom. The molecule has 0 N–H and O–H groups in total. The number of carbonyl (C=O) groups excluding carboxylic acids is 1. The number of anilines is 1. The van der Waals surface area contributed by atoms with Gasteiger partial charge in [0.15, 0.2) is 0 Å². The molecule has 1 aromatic rings. The first-order valence-electron chi connectivity index (χ1n) is 8.26. The third kappa shape index (κ3) is 3.65. The summed E-state index contributed by atoms with van der Waals surface area (Å²) in [4.78, 5) is 14.2. The van der Waals surface area contributed by atoms with Gasteiger partial charge in [-0.3, -0.25) is 4.79 Å². The average Bonchev–Trinajstić information content (AvgIpc) is 3.40. The molecule has 3 rings (SSSR count). The van der Waals surface area contributed by atoms with Gasteiger partial charge in [-0.05, 0) is 37.5 Å². The molecule has 5 nitrogen and oxygen atoms in total. The van der Waals surface area contributed by atoms with E-state index in [0.717, 1.165) is 25.0 Å². The number of rotatable bonds is 3. The smallest absolute Gasteiger partial charge is 0.369 e. The summed E-state index contributed by atoms with van der Waals surface area (Å²) in [5.41, 5.74) is -5.71. The van der Waals surface area contributed by atoms with Gasteiger partial charge in [0.05, 0.1) is 5.69 Å². The maximum absolute atomic E-state index is 13.5. The zero-order chi connectivity index (χ0) is 19.1. The molecule has 1 saturated heterocycles. The van der Waals surface area contributed by atoms with Crippen LogP contribution in [0.25, 0.3) is 0 Å². The summed E-state index contributed by atoms with van der Waals surface area (Å²) in [6.07, 6.45) is 2.19. The van der Waals surface area contributed by atoms with Gasteiger partial charge in [0.25, 0.3) is 9.84 Å². The third-order valence-electron chi connectivity index (χ3n) is 4.59. The fraction of sp³-hybridized carbons (Fsp3) is 0.562. The van der Waals surface area contributed by atoms with E-state index in [2.05, 4.69) is 0 Å². The van der Waals surface area contributed by atoms with E-state index in [1.54, 1.807) is 4.90 Å². The van der Waals surface area contributed by atoms with E-state index >= 15 is 0 Å². The molecular formula is C16H18F4N2O3S. The third-order valence-corrected chi connectivity index (χ3v) is 6.11. The van der Waals surface area contributed by atoms with Crippen molar-refractivity contribution in [3.05, 3.63) is 24.0 Å². The van der Waals surface area contributed by atoms with E-state index in [4.69, 9.17) is 0 Å². The van der Waals surface area contributed by atoms with Crippen LogP contribution in [0.1, 0.15) is 19.3 Å². The highest BCUT2D eigenvalue weighted by molar-refractivity contribution is 7.92. The molecule has 144 valence electrons. The number of halogens is 4. The SMILES string of the molecule is O=C(C1CC1)N1CCCN(c2ccc(F)cc2S(=O)(=O)C(F)(F)F)CC1. The Labute approximate surface area is 148 Å². The highest BCUT2D eigenvalue weighted by Crippen LogP contribution is 2.37. The zero-order valence-electron chi connectivity index (χ0n) is 13.8. The molecule has 2 aliphatic rings. The maximum Gasteiger partial charge on any atom is 0.501 e. The Morgan fingerprint density at radius 1 is 1.08 bits per heavy atom. The Hall–Kier alpha value is -1.84. The second-order valence-corrected chi connectivity index (χ2v) is 8.41. The number of carbonyl (C=O) groups is 1. The topological polar surface area (TPSA) is 57.7 Å². The Morgan fingerprint density at radius 2 is 1.77 bits per heavy atom. The first kappa shape index (κ1) is 18.9. The van der Waals surface area contributed by atoms with Gasteiger partial charge in [0.2, 0.25) is 5.91 Å². The molecule has 0 spiro atoms. The number of amides is 1. The lowest BCUT2D eigenvalue weighted by Crippen LogP contribution is -2.36. The Balaban J connectivity index is 1.88. The fourth-order valence-corrected chi connectivity index (χ4v) is 4.05. The molecule has 2 fully saturated rings. The van der Waals surface area contributed by atoms with E-state index in [0.29, 0.717) is 19.0 Å². The highest BCUT2D eigenvalue weighted by atomic mass is 32.2.